The lowest BCUT2D eigenvalue weighted by Gasteiger charge is -2.27. The summed E-state index contributed by atoms with van der Waals surface area (Å²) in [5, 5.41) is 2.86. The third kappa shape index (κ3) is 2.05. The molecule has 0 bridgehead atoms. The van der Waals surface area contributed by atoms with E-state index in [2.05, 4.69) is 21.3 Å². The van der Waals surface area contributed by atoms with Crippen molar-refractivity contribution < 1.29 is 0 Å². The molecule has 0 unspecified atom stereocenters. The van der Waals surface area contributed by atoms with E-state index in [4.69, 9.17) is 16.6 Å². The van der Waals surface area contributed by atoms with Gasteiger partial charge in [-0.05, 0) is 41.6 Å². The maximum atomic E-state index is 5.97. The Morgan fingerprint density at radius 3 is 3.10 bits per heavy atom. The summed E-state index contributed by atoms with van der Waals surface area (Å²) in [7, 11) is 0. The number of hydrogen-bond acceptors (Lipinski definition) is 4. The molecular formula is C15H12ClN3S. The molecule has 0 atom stereocenters. The van der Waals surface area contributed by atoms with Gasteiger partial charge in [0.2, 0.25) is 0 Å². The van der Waals surface area contributed by atoms with Gasteiger partial charge in [0.05, 0.1) is 17.2 Å². The van der Waals surface area contributed by atoms with Gasteiger partial charge in [0.15, 0.2) is 0 Å². The monoisotopic (exact) mass is 301 g/mol. The molecule has 0 amide bonds. The Labute approximate surface area is 125 Å². The van der Waals surface area contributed by atoms with Crippen molar-refractivity contribution in [2.24, 2.45) is 0 Å². The predicted octanol–water partition coefficient (Wildman–Crippen LogP) is 3.91. The second-order valence-electron chi connectivity index (χ2n) is 4.90. The Hall–Kier alpha value is -1.65. The van der Waals surface area contributed by atoms with Crippen LogP contribution in [0.3, 0.4) is 0 Å². The lowest BCUT2D eigenvalue weighted by molar-refractivity contribution is 0.732. The first kappa shape index (κ1) is 12.1. The number of thiophene rings is 1. The summed E-state index contributed by atoms with van der Waals surface area (Å²) >= 11 is 7.82. The van der Waals surface area contributed by atoms with Gasteiger partial charge < -0.3 is 4.90 Å². The molecule has 2 aromatic heterocycles. The summed E-state index contributed by atoms with van der Waals surface area (Å²) in [6, 6.07) is 7.84. The summed E-state index contributed by atoms with van der Waals surface area (Å²) in [6.45, 7) is 1.92. The van der Waals surface area contributed by atoms with Crippen molar-refractivity contribution in [3.05, 3.63) is 51.3 Å². The second-order valence-corrected chi connectivity index (χ2v) is 6.34. The first-order valence-corrected chi connectivity index (χ1v) is 7.78. The molecule has 3 nitrogen and oxygen atoms in total. The number of aromatic nitrogens is 2. The number of hydrogen-bond donors (Lipinski definition) is 0. The quantitative estimate of drug-likeness (QED) is 0.682. The van der Waals surface area contributed by atoms with Crippen LogP contribution in [0.15, 0.2) is 35.8 Å². The number of rotatable bonds is 1. The first-order valence-electron chi connectivity index (χ1n) is 6.52. The topological polar surface area (TPSA) is 29.0 Å². The van der Waals surface area contributed by atoms with Crippen LogP contribution in [0.2, 0.25) is 5.02 Å². The number of fused-ring (bicyclic) bond motifs is 2. The van der Waals surface area contributed by atoms with E-state index in [9.17, 15) is 0 Å². The van der Waals surface area contributed by atoms with Gasteiger partial charge in [-0.2, -0.15) is 0 Å². The Bertz CT molecular complexity index is 784. The third-order valence-corrected chi connectivity index (χ3v) is 4.88. The van der Waals surface area contributed by atoms with Gasteiger partial charge in [0, 0.05) is 23.0 Å². The van der Waals surface area contributed by atoms with Crippen molar-refractivity contribution in [1.82, 2.24) is 9.97 Å². The Kier molecular flexibility index (Phi) is 2.86. The SMILES string of the molecule is Clc1ccc2nc(N3CCc4sccc4C3)cnc2c1. The van der Waals surface area contributed by atoms with Crippen LogP contribution in [0.4, 0.5) is 5.82 Å². The zero-order valence-corrected chi connectivity index (χ0v) is 12.3. The molecule has 5 heteroatoms. The molecule has 3 aromatic rings. The highest BCUT2D eigenvalue weighted by Gasteiger charge is 2.18. The van der Waals surface area contributed by atoms with Crippen LogP contribution in [-0.4, -0.2) is 16.5 Å². The lowest BCUT2D eigenvalue weighted by atomic mass is 10.1. The molecule has 0 saturated heterocycles. The van der Waals surface area contributed by atoms with Gasteiger partial charge in [0.25, 0.3) is 0 Å². The summed E-state index contributed by atoms with van der Waals surface area (Å²) < 4.78 is 0. The van der Waals surface area contributed by atoms with Crippen molar-refractivity contribution in [2.75, 3.05) is 11.4 Å². The molecule has 0 spiro atoms. The number of halogens is 1. The van der Waals surface area contributed by atoms with Gasteiger partial charge in [-0.1, -0.05) is 11.6 Å². The third-order valence-electron chi connectivity index (χ3n) is 3.62. The Morgan fingerprint density at radius 2 is 2.15 bits per heavy atom. The summed E-state index contributed by atoms with van der Waals surface area (Å²) in [4.78, 5) is 13.0. The molecule has 20 heavy (non-hydrogen) atoms. The van der Waals surface area contributed by atoms with Crippen LogP contribution in [0.25, 0.3) is 11.0 Å². The van der Waals surface area contributed by atoms with E-state index < -0.39 is 0 Å². The summed E-state index contributed by atoms with van der Waals surface area (Å²) in [6.07, 6.45) is 2.93. The zero-order valence-electron chi connectivity index (χ0n) is 10.7. The van der Waals surface area contributed by atoms with Gasteiger partial charge in [0.1, 0.15) is 5.82 Å². The highest BCUT2D eigenvalue weighted by molar-refractivity contribution is 7.10. The molecule has 0 radical (unpaired) electrons. The van der Waals surface area contributed by atoms with Crippen LogP contribution in [0, 0.1) is 0 Å². The van der Waals surface area contributed by atoms with Crippen molar-refractivity contribution in [3.63, 3.8) is 0 Å². The molecule has 1 aliphatic rings. The maximum Gasteiger partial charge on any atom is 0.148 e. The molecule has 4 rings (SSSR count). The van der Waals surface area contributed by atoms with Gasteiger partial charge in [-0.3, -0.25) is 4.98 Å². The van der Waals surface area contributed by atoms with Crippen LogP contribution < -0.4 is 4.90 Å². The van der Waals surface area contributed by atoms with E-state index in [0.29, 0.717) is 5.02 Å². The fourth-order valence-electron chi connectivity index (χ4n) is 2.57. The van der Waals surface area contributed by atoms with Crippen molar-refractivity contribution in [1.29, 1.82) is 0 Å². The Morgan fingerprint density at radius 1 is 1.20 bits per heavy atom. The minimum absolute atomic E-state index is 0.695. The minimum Gasteiger partial charge on any atom is -0.351 e. The summed E-state index contributed by atoms with van der Waals surface area (Å²) in [5.74, 6) is 0.941. The number of nitrogens with zero attached hydrogens (tertiary/aromatic N) is 3. The molecule has 0 fully saturated rings. The van der Waals surface area contributed by atoms with Gasteiger partial charge in [-0.15, -0.1) is 11.3 Å². The molecule has 0 aliphatic carbocycles. The zero-order chi connectivity index (χ0) is 13.5. The molecule has 1 aromatic carbocycles. The fourth-order valence-corrected chi connectivity index (χ4v) is 3.63. The van der Waals surface area contributed by atoms with Crippen LogP contribution in [-0.2, 0) is 13.0 Å². The van der Waals surface area contributed by atoms with E-state index in [1.165, 1.54) is 10.4 Å². The second kappa shape index (κ2) is 4.72. The van der Waals surface area contributed by atoms with Crippen LogP contribution >= 0.6 is 22.9 Å². The fraction of sp³-hybridized carbons (Fsp3) is 0.200. The van der Waals surface area contributed by atoms with Crippen LogP contribution in [0.5, 0.6) is 0 Å². The Balaban J connectivity index is 1.71. The average Bonchev–Trinajstić information content (AvgIpc) is 2.94. The lowest BCUT2D eigenvalue weighted by Crippen LogP contribution is -2.30. The van der Waals surface area contributed by atoms with E-state index in [1.807, 2.05) is 35.7 Å². The normalized spacial score (nSPS) is 14.6. The molecular weight excluding hydrogens is 290 g/mol. The largest absolute Gasteiger partial charge is 0.351 e. The maximum absolute atomic E-state index is 5.97. The highest BCUT2D eigenvalue weighted by Crippen LogP contribution is 2.27. The molecule has 100 valence electrons. The molecule has 3 heterocycles. The summed E-state index contributed by atoms with van der Waals surface area (Å²) in [5.41, 5.74) is 3.15. The van der Waals surface area contributed by atoms with E-state index in [0.717, 1.165) is 36.4 Å². The molecule has 1 aliphatic heterocycles. The van der Waals surface area contributed by atoms with Gasteiger partial charge in [-0.25, -0.2) is 4.98 Å². The molecule has 0 N–H and O–H groups in total. The van der Waals surface area contributed by atoms with Crippen molar-refractivity contribution in [2.45, 2.75) is 13.0 Å². The smallest absolute Gasteiger partial charge is 0.148 e. The van der Waals surface area contributed by atoms with E-state index in [-0.39, 0.29) is 0 Å². The number of anilines is 1. The van der Waals surface area contributed by atoms with Gasteiger partial charge >= 0.3 is 0 Å². The van der Waals surface area contributed by atoms with Crippen LogP contribution in [0.1, 0.15) is 10.4 Å². The predicted molar refractivity (Wildman–Crippen MR) is 83.6 cm³/mol. The highest BCUT2D eigenvalue weighted by atomic mass is 35.5. The van der Waals surface area contributed by atoms with Crippen molar-refractivity contribution in [3.8, 4) is 0 Å². The van der Waals surface area contributed by atoms with E-state index >= 15 is 0 Å². The van der Waals surface area contributed by atoms with E-state index in [1.54, 1.807) is 0 Å². The molecule has 0 saturated carbocycles. The number of benzene rings is 1. The average molecular weight is 302 g/mol. The first-order chi connectivity index (χ1) is 9.79. The van der Waals surface area contributed by atoms with Crippen molar-refractivity contribution >= 4 is 39.8 Å². The standard InChI is InChI=1S/C15H12ClN3S/c16-11-1-2-12-13(7-11)17-8-15(18-12)19-5-3-14-10(9-19)4-6-20-14/h1-2,4,6-8H,3,5,9H2. The minimum atomic E-state index is 0.695.